The quantitative estimate of drug-likeness (QED) is 0.185. The highest BCUT2D eigenvalue weighted by Crippen LogP contribution is 2.33. The van der Waals surface area contributed by atoms with E-state index in [9.17, 15) is 27.6 Å². The molecule has 7 N–H and O–H groups in total. The Kier molecular flexibility index (Phi) is 11.7. The maximum Gasteiger partial charge on any atom is 0.416 e. The number of nitrogens with zero attached hydrogens (tertiary/aromatic N) is 1. The molecule has 0 radical (unpaired) electrons. The van der Waals surface area contributed by atoms with Crippen LogP contribution >= 0.6 is 0 Å². The molecule has 0 saturated carbocycles. The van der Waals surface area contributed by atoms with Crippen molar-refractivity contribution < 1.29 is 36.6 Å². The van der Waals surface area contributed by atoms with Gasteiger partial charge < -0.3 is 32.1 Å². The van der Waals surface area contributed by atoms with E-state index in [0.717, 1.165) is 12.1 Å². The Morgan fingerprint density at radius 1 is 1.05 bits per heavy atom. The molecular formula is C30H40BF4N5O4. The van der Waals surface area contributed by atoms with Crippen molar-refractivity contribution in [3.8, 4) is 0 Å². The van der Waals surface area contributed by atoms with Crippen LogP contribution in [0, 0.1) is 5.82 Å². The molecule has 2 aromatic carbocycles. The number of fused-ring (bicyclic) bond motifs is 1. The molecule has 14 heteroatoms. The van der Waals surface area contributed by atoms with E-state index < -0.39 is 53.8 Å². The highest BCUT2D eigenvalue weighted by Gasteiger charge is 2.40. The van der Waals surface area contributed by atoms with Gasteiger partial charge in [-0.1, -0.05) is 25.0 Å². The molecule has 0 saturated heterocycles. The van der Waals surface area contributed by atoms with Gasteiger partial charge in [-0.2, -0.15) is 13.2 Å². The number of hydrogen-bond donors (Lipinski definition) is 4. The largest absolute Gasteiger partial charge is 0.422 e. The van der Waals surface area contributed by atoms with E-state index >= 15 is 4.39 Å². The molecule has 2 aromatic rings. The number of carbonyl (C=O) groups is 3. The van der Waals surface area contributed by atoms with Crippen molar-refractivity contribution in [3.63, 3.8) is 0 Å². The zero-order chi connectivity index (χ0) is 32.8. The maximum absolute atomic E-state index is 15.2. The number of rotatable bonds is 14. The minimum absolute atomic E-state index is 0.0266. The Bertz CT molecular complexity index is 1330. The zero-order valence-corrected chi connectivity index (χ0v) is 25.2. The van der Waals surface area contributed by atoms with Crippen molar-refractivity contribution in [2.75, 3.05) is 26.2 Å². The Morgan fingerprint density at radius 3 is 2.23 bits per heavy atom. The molecule has 1 aliphatic rings. The first-order valence-electron chi connectivity index (χ1n) is 14.5. The summed E-state index contributed by atoms with van der Waals surface area (Å²) in [5, 5.41) is 2.60. The zero-order valence-electron chi connectivity index (χ0n) is 25.2. The van der Waals surface area contributed by atoms with Gasteiger partial charge in [-0.05, 0) is 61.5 Å². The van der Waals surface area contributed by atoms with Crippen LogP contribution in [-0.2, 0) is 43.7 Å². The van der Waals surface area contributed by atoms with Gasteiger partial charge in [-0.25, -0.2) is 4.39 Å². The summed E-state index contributed by atoms with van der Waals surface area (Å²) in [6.45, 7) is 5.96. The van der Waals surface area contributed by atoms with E-state index in [4.69, 9.17) is 21.9 Å². The van der Waals surface area contributed by atoms with Gasteiger partial charge in [0.1, 0.15) is 5.82 Å². The summed E-state index contributed by atoms with van der Waals surface area (Å²) in [5.74, 6) is -2.01. The van der Waals surface area contributed by atoms with E-state index in [1.54, 1.807) is 26.7 Å². The Hall–Kier alpha value is -3.33. The lowest BCUT2D eigenvalue weighted by atomic mass is 9.63. The van der Waals surface area contributed by atoms with Gasteiger partial charge in [0, 0.05) is 44.6 Å². The molecule has 2 amide bonds. The van der Waals surface area contributed by atoms with Crippen molar-refractivity contribution in [3.05, 3.63) is 64.5 Å². The topological polar surface area (TPSA) is 154 Å². The van der Waals surface area contributed by atoms with Crippen LogP contribution in [0.3, 0.4) is 0 Å². The molecule has 0 spiro atoms. The molecule has 2 atom stereocenters. The normalized spacial score (nSPS) is 15.5. The second-order valence-electron chi connectivity index (χ2n) is 11.5. The highest BCUT2D eigenvalue weighted by atomic mass is 19.4. The van der Waals surface area contributed by atoms with Crippen LogP contribution < -0.4 is 28.0 Å². The fourth-order valence-electron chi connectivity index (χ4n) is 5.46. The summed E-state index contributed by atoms with van der Waals surface area (Å²) in [4.78, 5) is 40.6. The smallest absolute Gasteiger partial charge is 0.416 e. The minimum Gasteiger partial charge on any atom is -0.422 e. The van der Waals surface area contributed by atoms with Gasteiger partial charge in [0.15, 0.2) is 5.78 Å². The van der Waals surface area contributed by atoms with Crippen molar-refractivity contribution in [1.82, 2.24) is 10.2 Å². The van der Waals surface area contributed by atoms with E-state index in [1.165, 1.54) is 23.1 Å². The molecule has 3 rings (SSSR count). The number of nitrogens with one attached hydrogen (secondary N) is 1. The number of amides is 2. The molecule has 44 heavy (non-hydrogen) atoms. The summed E-state index contributed by atoms with van der Waals surface area (Å²) in [6.07, 6.45) is -5.01. The number of halogens is 4. The number of alkyl halides is 3. The molecule has 0 aliphatic carbocycles. The Morgan fingerprint density at radius 2 is 1.66 bits per heavy atom. The summed E-state index contributed by atoms with van der Waals surface area (Å²) in [7, 11) is 0. The van der Waals surface area contributed by atoms with Crippen LogP contribution in [0.15, 0.2) is 36.4 Å². The second-order valence-corrected chi connectivity index (χ2v) is 11.5. The van der Waals surface area contributed by atoms with Crippen molar-refractivity contribution >= 4 is 30.0 Å². The SMILES string of the molecule is CB1OC(C)(C)c2c(F)cc(CC(=O)[C@@H](Cc3ccc(C(F)(F)F)cc3)NC(=O)[C@@H](N)CCC(=O)N(CCN)CCN)cc21. The number of carbonyl (C=O) groups excluding carboxylic acids is 3. The lowest BCUT2D eigenvalue weighted by Gasteiger charge is -2.23. The van der Waals surface area contributed by atoms with Crippen LogP contribution in [0.5, 0.6) is 0 Å². The molecule has 0 bridgehead atoms. The van der Waals surface area contributed by atoms with Gasteiger partial charge in [0.05, 0.1) is 23.2 Å². The average molecular weight is 621 g/mol. The van der Waals surface area contributed by atoms with Crippen molar-refractivity contribution in [2.45, 2.75) is 70.2 Å². The molecule has 9 nitrogen and oxygen atoms in total. The van der Waals surface area contributed by atoms with Crippen molar-refractivity contribution in [2.24, 2.45) is 17.2 Å². The number of ketones is 1. The lowest BCUT2D eigenvalue weighted by Crippen LogP contribution is -2.50. The van der Waals surface area contributed by atoms with E-state index in [-0.39, 0.29) is 44.7 Å². The van der Waals surface area contributed by atoms with Crippen LogP contribution in [-0.4, -0.2) is 67.7 Å². The van der Waals surface area contributed by atoms with Gasteiger partial charge in [-0.3, -0.25) is 14.4 Å². The number of hydrogen-bond acceptors (Lipinski definition) is 7. The minimum atomic E-state index is -4.54. The molecule has 1 aliphatic heterocycles. The van der Waals surface area contributed by atoms with Gasteiger partial charge in [-0.15, -0.1) is 0 Å². The first-order chi connectivity index (χ1) is 20.6. The second kappa shape index (κ2) is 14.6. The lowest BCUT2D eigenvalue weighted by molar-refractivity contribution is -0.137. The van der Waals surface area contributed by atoms with Crippen molar-refractivity contribution in [1.29, 1.82) is 0 Å². The van der Waals surface area contributed by atoms with Gasteiger partial charge >= 0.3 is 13.1 Å². The Balaban J connectivity index is 1.79. The monoisotopic (exact) mass is 621 g/mol. The maximum atomic E-state index is 15.2. The van der Waals surface area contributed by atoms with Crippen LogP contribution in [0.2, 0.25) is 6.82 Å². The predicted molar refractivity (Wildman–Crippen MR) is 159 cm³/mol. The number of nitrogens with two attached hydrogens (primary N) is 3. The third-order valence-corrected chi connectivity index (χ3v) is 7.65. The highest BCUT2D eigenvalue weighted by molar-refractivity contribution is 6.67. The van der Waals surface area contributed by atoms with E-state index in [2.05, 4.69) is 5.32 Å². The third kappa shape index (κ3) is 8.87. The molecule has 0 unspecified atom stereocenters. The summed E-state index contributed by atoms with van der Waals surface area (Å²) >= 11 is 0. The van der Waals surface area contributed by atoms with Gasteiger partial charge in [0.2, 0.25) is 11.8 Å². The first-order valence-corrected chi connectivity index (χ1v) is 14.5. The molecule has 0 aromatic heterocycles. The summed E-state index contributed by atoms with van der Waals surface area (Å²) in [6, 6.07) is 4.85. The standard InChI is InChI=1S/C30H40BF4N5O4/c1-29(2)27-21(31(3)44-29)14-19(15-22(27)32)17-25(41)24(16-18-4-6-20(7-5-18)30(33,34)35)39-28(43)23(38)8-9-26(42)40(12-10-36)13-11-37/h4-7,14-15,23-24H,8-13,16-17,36-38H2,1-3H3,(H,39,43)/t23-,24+/m0/s1. The third-order valence-electron chi connectivity index (χ3n) is 7.65. The van der Waals surface area contributed by atoms with Crippen LogP contribution in [0.1, 0.15) is 48.9 Å². The summed E-state index contributed by atoms with van der Waals surface area (Å²) in [5.41, 5.74) is 17.2. The number of benzene rings is 2. The molecule has 240 valence electrons. The van der Waals surface area contributed by atoms with Crippen LogP contribution in [0.4, 0.5) is 17.6 Å². The molecule has 0 fully saturated rings. The van der Waals surface area contributed by atoms with E-state index in [1.807, 2.05) is 0 Å². The summed E-state index contributed by atoms with van der Waals surface area (Å²) < 4.78 is 60.3. The fourth-order valence-corrected chi connectivity index (χ4v) is 5.46. The van der Waals surface area contributed by atoms with Gasteiger partial charge in [0.25, 0.3) is 0 Å². The molecule has 1 heterocycles. The number of Topliss-reactive ketones (excluding diaryl/α,β-unsaturated/α-hetero) is 1. The first kappa shape index (κ1) is 35.2. The van der Waals surface area contributed by atoms with E-state index in [0.29, 0.717) is 35.2 Å². The van der Waals surface area contributed by atoms with Crippen LogP contribution in [0.25, 0.3) is 0 Å². The Labute approximate surface area is 254 Å². The molecular weight excluding hydrogens is 581 g/mol. The fraction of sp³-hybridized carbons (Fsp3) is 0.500. The average Bonchev–Trinajstić information content (AvgIpc) is 3.18. The predicted octanol–water partition coefficient (Wildman–Crippen LogP) is 1.63.